The molecule has 3 aliphatic rings. The molecule has 4 nitrogen and oxygen atoms in total. The molecule has 1 aromatic heterocycles. The molecule has 2 aliphatic heterocycles. The Morgan fingerprint density at radius 3 is 2.21 bits per heavy atom. The van der Waals surface area contributed by atoms with E-state index in [9.17, 15) is 0 Å². The van der Waals surface area contributed by atoms with Gasteiger partial charge in [0.2, 0.25) is 0 Å². The van der Waals surface area contributed by atoms with Crippen LogP contribution in [-0.4, -0.2) is 28.5 Å². The minimum atomic E-state index is -4.63. The summed E-state index contributed by atoms with van der Waals surface area (Å²) >= 11 is 1.51. The number of nitrogens with zero attached hydrogens (tertiary/aromatic N) is 3. The molecule has 0 N–H and O–H groups in total. The second-order valence-corrected chi connectivity index (χ2v) is 11.0. The predicted octanol–water partition coefficient (Wildman–Crippen LogP) is 7.98. The lowest BCUT2D eigenvalue weighted by atomic mass is 9.77. The number of quaternary nitrogens is 1. The van der Waals surface area contributed by atoms with E-state index in [1.807, 2.05) is 74.5 Å². The molecule has 0 radical (unpaired) electrons. The number of ether oxygens (including phenoxy) is 1. The monoisotopic (exact) mass is 534 g/mol. The third-order valence-electron chi connectivity index (χ3n) is 7.75. The number of benzene rings is 2. The Morgan fingerprint density at radius 2 is 1.63 bits per heavy atom. The number of allylic oxidation sites excluding steroid dienone is 3. The Hall–Kier alpha value is -3.49. The van der Waals surface area contributed by atoms with Gasteiger partial charge >= 0.3 is 12.2 Å². The Morgan fingerprint density at radius 1 is 1.00 bits per heavy atom. The molecule has 2 aromatic carbocycles. The Balaban J connectivity index is 1.61. The van der Waals surface area contributed by atoms with E-state index < -0.39 is 16.3 Å². The third kappa shape index (κ3) is 3.26. The summed E-state index contributed by atoms with van der Waals surface area (Å²) in [4.78, 5) is 4.51. The van der Waals surface area contributed by atoms with E-state index in [1.54, 1.807) is 30.0 Å². The zero-order valence-electron chi connectivity index (χ0n) is 21.2. The van der Waals surface area contributed by atoms with Crippen molar-refractivity contribution in [3.8, 4) is 0 Å². The number of imidazole rings is 1. The molecule has 0 bridgehead atoms. The lowest BCUT2D eigenvalue weighted by molar-refractivity contribution is -0.236. The van der Waals surface area contributed by atoms with Crippen molar-refractivity contribution in [1.82, 2.24) is 14.0 Å². The number of fused-ring (bicyclic) bond motifs is 3. The van der Waals surface area contributed by atoms with Crippen LogP contribution >= 0.6 is 11.8 Å². The normalized spacial score (nSPS) is 24.1. The topological polar surface area (TPSA) is 27.1 Å². The summed E-state index contributed by atoms with van der Waals surface area (Å²) < 4.78 is 52.1. The molecule has 3 heterocycles. The van der Waals surface area contributed by atoms with E-state index >= 15 is 13.2 Å². The quantitative estimate of drug-likeness (QED) is 0.189. The van der Waals surface area contributed by atoms with Crippen molar-refractivity contribution in [2.24, 2.45) is 0 Å². The number of alkyl halides is 3. The molecular weight excluding hydrogens is 507 g/mol. The largest absolute Gasteiger partial charge is 0.574 e. The molecule has 0 saturated heterocycles. The van der Waals surface area contributed by atoms with E-state index in [4.69, 9.17) is 4.74 Å². The van der Waals surface area contributed by atoms with Crippen LogP contribution in [0.15, 0.2) is 113 Å². The Kier molecular flexibility index (Phi) is 5.74. The van der Waals surface area contributed by atoms with Crippen molar-refractivity contribution in [3.63, 3.8) is 0 Å². The van der Waals surface area contributed by atoms with Crippen LogP contribution in [0, 0.1) is 0 Å². The second kappa shape index (κ2) is 8.78. The van der Waals surface area contributed by atoms with Gasteiger partial charge in [-0.3, -0.25) is 0 Å². The van der Waals surface area contributed by atoms with E-state index in [-0.39, 0.29) is 17.6 Å². The molecule has 8 heteroatoms. The van der Waals surface area contributed by atoms with Crippen LogP contribution < -0.4 is 4.48 Å². The van der Waals surface area contributed by atoms with Gasteiger partial charge < -0.3 is 4.74 Å². The summed E-state index contributed by atoms with van der Waals surface area (Å²) in [5.74, 6) is 0.578. The average Bonchev–Trinajstić information content (AvgIpc) is 3.42. The zero-order chi connectivity index (χ0) is 26.7. The molecule has 3 aromatic rings. The van der Waals surface area contributed by atoms with Gasteiger partial charge in [0, 0.05) is 12.0 Å². The Labute approximate surface area is 224 Å². The van der Waals surface area contributed by atoms with Gasteiger partial charge in [0.25, 0.3) is 0 Å². The highest BCUT2D eigenvalue weighted by Gasteiger charge is 2.76. The molecule has 0 saturated carbocycles. The van der Waals surface area contributed by atoms with Gasteiger partial charge in [-0.05, 0) is 42.7 Å². The van der Waals surface area contributed by atoms with Crippen LogP contribution in [0.25, 0.3) is 5.70 Å². The number of thioether (sulfide) groups is 1. The van der Waals surface area contributed by atoms with Crippen LogP contribution in [-0.2, 0) is 4.74 Å². The maximum absolute atomic E-state index is 15.3. The molecule has 0 fully saturated rings. The summed E-state index contributed by atoms with van der Waals surface area (Å²) in [7, 11) is 1.57. The fraction of sp³-hybridized carbons (Fsp3) is 0.233. The van der Waals surface area contributed by atoms with Crippen molar-refractivity contribution >= 4 is 23.4 Å². The third-order valence-corrected chi connectivity index (χ3v) is 9.06. The van der Waals surface area contributed by atoms with E-state index in [2.05, 4.69) is 4.98 Å². The van der Waals surface area contributed by atoms with Crippen LogP contribution in [0.2, 0.25) is 0 Å². The molecule has 1 aliphatic carbocycles. The highest BCUT2D eigenvalue weighted by atomic mass is 32.2. The molecule has 6 rings (SSSR count). The summed E-state index contributed by atoms with van der Waals surface area (Å²) in [6, 6.07) is 20.0. The van der Waals surface area contributed by atoms with Crippen molar-refractivity contribution in [3.05, 3.63) is 119 Å². The molecule has 2 unspecified atom stereocenters. The number of aromatic nitrogens is 2. The van der Waals surface area contributed by atoms with Gasteiger partial charge in [-0.25, -0.2) is 4.57 Å². The van der Waals surface area contributed by atoms with Gasteiger partial charge in [0.1, 0.15) is 22.7 Å². The molecule has 0 amide bonds. The maximum atomic E-state index is 15.3. The standard InChI is InChI=1S/C30H27F3N3OS/c1-20-18-29-16-10-11-17-36(29,30(31,32)33)28-34-19-24(35(28)27(29)21(2)25(20)37-3)38-26(22-12-6-4-7-13-22)23-14-8-5-9-15-23/h4-17,19,26H,18H2,1-3H3/q+1. The first kappa shape index (κ1) is 24.8. The first-order chi connectivity index (χ1) is 18.2. The molecule has 194 valence electrons. The van der Waals surface area contributed by atoms with Gasteiger partial charge in [-0.15, -0.1) is 17.7 Å². The maximum Gasteiger partial charge on any atom is 0.574 e. The number of methoxy groups -OCH3 is 1. The minimum Gasteiger partial charge on any atom is -0.496 e. The Bertz CT molecular complexity index is 1480. The van der Waals surface area contributed by atoms with Crippen LogP contribution in [0.5, 0.6) is 0 Å². The smallest absolute Gasteiger partial charge is 0.496 e. The number of halogens is 3. The molecule has 38 heavy (non-hydrogen) atoms. The lowest BCUT2D eigenvalue weighted by Gasteiger charge is -2.45. The van der Waals surface area contributed by atoms with Gasteiger partial charge in [0.15, 0.2) is 5.54 Å². The molecular formula is C30H27F3N3OS+. The number of hydrogen-bond donors (Lipinski definition) is 0. The molecule has 1 spiro atoms. The zero-order valence-corrected chi connectivity index (χ0v) is 22.1. The van der Waals surface area contributed by atoms with Crippen molar-refractivity contribution in [2.45, 2.75) is 42.4 Å². The highest BCUT2D eigenvalue weighted by Crippen LogP contribution is 2.62. The summed E-state index contributed by atoms with van der Waals surface area (Å²) in [6.45, 7) is 3.70. The van der Waals surface area contributed by atoms with E-state index in [0.717, 1.165) is 16.7 Å². The summed E-state index contributed by atoms with van der Waals surface area (Å²) in [6.07, 6.45) is 3.25. The van der Waals surface area contributed by atoms with Crippen molar-refractivity contribution in [2.75, 3.05) is 7.11 Å². The SMILES string of the molecule is COC1=C(C)CC23C=CC=C[N+]2(C(F)(F)F)c2ncc(SC(c4ccccc4)c4ccccc4)n2C3=C1C. The number of rotatable bonds is 5. The van der Waals surface area contributed by atoms with Crippen LogP contribution in [0.3, 0.4) is 0 Å². The predicted molar refractivity (Wildman–Crippen MR) is 145 cm³/mol. The fourth-order valence-electron chi connectivity index (χ4n) is 6.33. The van der Waals surface area contributed by atoms with Gasteiger partial charge in [-0.1, -0.05) is 78.5 Å². The van der Waals surface area contributed by atoms with Gasteiger partial charge in [0.05, 0.1) is 18.6 Å². The lowest BCUT2D eigenvalue weighted by Crippen LogP contribution is -2.68. The van der Waals surface area contributed by atoms with Gasteiger partial charge in [-0.2, -0.15) is 4.98 Å². The minimum absolute atomic E-state index is 0.0556. The first-order valence-corrected chi connectivity index (χ1v) is 13.3. The van der Waals surface area contributed by atoms with E-state index in [1.165, 1.54) is 24.0 Å². The number of hydrogen-bond acceptors (Lipinski definition) is 3. The summed E-state index contributed by atoms with van der Waals surface area (Å²) in [5, 5.41) is 0.514. The van der Waals surface area contributed by atoms with Crippen molar-refractivity contribution in [1.29, 1.82) is 0 Å². The molecule has 2 atom stereocenters. The highest BCUT2D eigenvalue weighted by molar-refractivity contribution is 7.99. The van der Waals surface area contributed by atoms with Crippen LogP contribution in [0.4, 0.5) is 19.1 Å². The first-order valence-electron chi connectivity index (χ1n) is 12.4. The van der Waals surface area contributed by atoms with Crippen molar-refractivity contribution < 1.29 is 17.9 Å². The van der Waals surface area contributed by atoms with Crippen LogP contribution in [0.1, 0.15) is 36.6 Å². The summed E-state index contributed by atoms with van der Waals surface area (Å²) in [5.41, 5.74) is 2.76. The fourth-order valence-corrected chi connectivity index (χ4v) is 7.55. The van der Waals surface area contributed by atoms with E-state index in [0.29, 0.717) is 22.1 Å². The average molecular weight is 535 g/mol. The second-order valence-electron chi connectivity index (χ2n) is 9.83.